The molecule has 2 aromatic rings. The molecule has 1 amide bonds. The van der Waals surface area contributed by atoms with Crippen LogP contribution in [0.1, 0.15) is 58.9 Å². The number of rotatable bonds is 6. The highest BCUT2D eigenvalue weighted by Crippen LogP contribution is 2.31. The topological polar surface area (TPSA) is 90.9 Å². The normalized spacial score (nSPS) is 19.7. The van der Waals surface area contributed by atoms with Gasteiger partial charge < -0.3 is 19.5 Å². The van der Waals surface area contributed by atoms with E-state index in [1.807, 2.05) is 0 Å². The molecule has 2 atom stereocenters. The smallest absolute Gasteiger partial charge is 0.339 e. The van der Waals surface area contributed by atoms with Crippen LogP contribution in [0.5, 0.6) is 11.5 Å². The van der Waals surface area contributed by atoms with Gasteiger partial charge in [0.05, 0.1) is 5.56 Å². The highest BCUT2D eigenvalue weighted by atomic mass is 16.6. The molecule has 4 rings (SSSR count). The van der Waals surface area contributed by atoms with E-state index in [9.17, 15) is 14.4 Å². The van der Waals surface area contributed by atoms with Gasteiger partial charge in [-0.05, 0) is 43.0 Å². The molecular weight excluding hydrogens is 410 g/mol. The van der Waals surface area contributed by atoms with Gasteiger partial charge in [0.25, 0.3) is 5.91 Å². The lowest BCUT2D eigenvalue weighted by atomic mass is 9.86. The summed E-state index contributed by atoms with van der Waals surface area (Å²) in [6, 6.07) is 11.5. The van der Waals surface area contributed by atoms with Crippen molar-refractivity contribution in [2.75, 3.05) is 19.8 Å². The van der Waals surface area contributed by atoms with Gasteiger partial charge in [-0.3, -0.25) is 9.59 Å². The summed E-state index contributed by atoms with van der Waals surface area (Å²) >= 11 is 0. The molecule has 2 aliphatic rings. The van der Waals surface area contributed by atoms with Gasteiger partial charge in [0, 0.05) is 17.2 Å². The molecule has 32 heavy (non-hydrogen) atoms. The summed E-state index contributed by atoms with van der Waals surface area (Å²) in [4.78, 5) is 38.1. The van der Waals surface area contributed by atoms with E-state index in [0.29, 0.717) is 36.2 Å². The molecule has 1 aliphatic heterocycles. The highest BCUT2D eigenvalue weighted by molar-refractivity contribution is 6.14. The molecule has 168 valence electrons. The van der Waals surface area contributed by atoms with E-state index in [0.717, 1.165) is 19.3 Å². The lowest BCUT2D eigenvalue weighted by Gasteiger charge is -2.29. The molecule has 2 unspecified atom stereocenters. The number of hydrogen-bond donors (Lipinski definition) is 1. The van der Waals surface area contributed by atoms with Crippen LogP contribution in [0.4, 0.5) is 0 Å². The van der Waals surface area contributed by atoms with Gasteiger partial charge in [0.2, 0.25) is 0 Å². The van der Waals surface area contributed by atoms with Gasteiger partial charge in [-0.25, -0.2) is 4.79 Å². The summed E-state index contributed by atoms with van der Waals surface area (Å²) < 4.78 is 16.3. The molecule has 0 aromatic heterocycles. The Morgan fingerprint density at radius 1 is 0.969 bits per heavy atom. The van der Waals surface area contributed by atoms with Crippen molar-refractivity contribution in [1.82, 2.24) is 5.32 Å². The molecule has 1 aliphatic carbocycles. The number of nitrogens with one attached hydrogen (secondary N) is 1. The number of amides is 1. The minimum Gasteiger partial charge on any atom is -0.486 e. The first-order chi connectivity index (χ1) is 15.5. The van der Waals surface area contributed by atoms with Gasteiger partial charge in [-0.15, -0.1) is 0 Å². The Hall–Kier alpha value is -3.35. The molecule has 1 fully saturated rings. The van der Waals surface area contributed by atoms with E-state index >= 15 is 0 Å². The predicted octanol–water partition coefficient (Wildman–Crippen LogP) is 3.54. The van der Waals surface area contributed by atoms with Crippen LogP contribution in [-0.2, 0) is 9.53 Å². The molecule has 1 N–H and O–H groups in total. The molecule has 0 spiro atoms. The standard InChI is InChI=1S/C25H27NO6/c1-16-6-2-5-9-20(16)26-23(27)15-32-25(29)19-8-4-3-7-18(19)24(28)17-10-11-21-22(14-17)31-13-12-30-21/h3-4,7-8,10-11,14,16,20H,2,5-6,9,12-13,15H2,1H3,(H,26,27). The number of carbonyl (C=O) groups excluding carboxylic acids is 3. The van der Waals surface area contributed by atoms with Crippen molar-refractivity contribution in [1.29, 1.82) is 0 Å². The largest absolute Gasteiger partial charge is 0.486 e. The average Bonchev–Trinajstić information content (AvgIpc) is 2.83. The van der Waals surface area contributed by atoms with Gasteiger partial charge in [0.15, 0.2) is 23.9 Å². The Balaban J connectivity index is 1.43. The first-order valence-electron chi connectivity index (χ1n) is 11.0. The van der Waals surface area contributed by atoms with Crippen molar-refractivity contribution >= 4 is 17.7 Å². The number of hydrogen-bond acceptors (Lipinski definition) is 6. The highest BCUT2D eigenvalue weighted by Gasteiger charge is 2.25. The van der Waals surface area contributed by atoms with Crippen LogP contribution in [0.3, 0.4) is 0 Å². The summed E-state index contributed by atoms with van der Waals surface area (Å²) in [6.07, 6.45) is 4.29. The number of benzene rings is 2. The van der Waals surface area contributed by atoms with Crippen LogP contribution in [0.25, 0.3) is 0 Å². The number of fused-ring (bicyclic) bond motifs is 1. The third-order valence-corrected chi connectivity index (χ3v) is 5.99. The second-order valence-electron chi connectivity index (χ2n) is 8.25. The lowest BCUT2D eigenvalue weighted by Crippen LogP contribution is -2.42. The van der Waals surface area contributed by atoms with Crippen LogP contribution >= 0.6 is 0 Å². The minimum absolute atomic E-state index is 0.110. The van der Waals surface area contributed by atoms with E-state index in [1.165, 1.54) is 12.5 Å². The van der Waals surface area contributed by atoms with E-state index in [1.54, 1.807) is 36.4 Å². The Morgan fingerprint density at radius 2 is 1.69 bits per heavy atom. The minimum atomic E-state index is -0.710. The first kappa shape index (κ1) is 21.9. The Kier molecular flexibility index (Phi) is 6.73. The van der Waals surface area contributed by atoms with Crippen LogP contribution in [-0.4, -0.2) is 43.5 Å². The predicted molar refractivity (Wildman–Crippen MR) is 117 cm³/mol. The van der Waals surface area contributed by atoms with Crippen molar-refractivity contribution in [3.63, 3.8) is 0 Å². The van der Waals surface area contributed by atoms with E-state index in [2.05, 4.69) is 12.2 Å². The van der Waals surface area contributed by atoms with Crippen molar-refractivity contribution in [3.8, 4) is 11.5 Å². The molecule has 1 heterocycles. The van der Waals surface area contributed by atoms with Crippen LogP contribution < -0.4 is 14.8 Å². The zero-order valence-electron chi connectivity index (χ0n) is 18.1. The van der Waals surface area contributed by atoms with E-state index < -0.39 is 5.97 Å². The zero-order chi connectivity index (χ0) is 22.5. The Labute approximate surface area is 187 Å². The van der Waals surface area contributed by atoms with Crippen molar-refractivity contribution in [2.24, 2.45) is 5.92 Å². The summed E-state index contributed by atoms with van der Waals surface area (Å²) in [7, 11) is 0. The molecule has 2 aromatic carbocycles. The summed E-state index contributed by atoms with van der Waals surface area (Å²) in [6.45, 7) is 2.61. The van der Waals surface area contributed by atoms with Gasteiger partial charge >= 0.3 is 5.97 Å². The Morgan fingerprint density at radius 3 is 2.47 bits per heavy atom. The molecule has 0 radical (unpaired) electrons. The monoisotopic (exact) mass is 437 g/mol. The molecule has 0 saturated heterocycles. The van der Waals surface area contributed by atoms with Crippen LogP contribution in [0.15, 0.2) is 42.5 Å². The fourth-order valence-electron chi connectivity index (χ4n) is 4.19. The van der Waals surface area contributed by atoms with Gasteiger partial charge in [-0.2, -0.15) is 0 Å². The quantitative estimate of drug-likeness (QED) is 0.549. The molecular formula is C25H27NO6. The summed E-state index contributed by atoms with van der Waals surface area (Å²) in [5.41, 5.74) is 0.695. The second kappa shape index (κ2) is 9.85. The fraction of sp³-hybridized carbons (Fsp3) is 0.400. The maximum atomic E-state index is 13.1. The number of esters is 1. The van der Waals surface area contributed by atoms with Crippen molar-refractivity contribution in [3.05, 3.63) is 59.2 Å². The van der Waals surface area contributed by atoms with E-state index in [-0.39, 0.29) is 35.5 Å². The lowest BCUT2D eigenvalue weighted by molar-refractivity contribution is -0.125. The maximum Gasteiger partial charge on any atom is 0.339 e. The summed E-state index contributed by atoms with van der Waals surface area (Å²) in [5.74, 6) is 0.114. The van der Waals surface area contributed by atoms with Crippen LogP contribution in [0, 0.1) is 5.92 Å². The number of ether oxygens (including phenoxy) is 3. The average molecular weight is 437 g/mol. The SMILES string of the molecule is CC1CCCCC1NC(=O)COC(=O)c1ccccc1C(=O)c1ccc2c(c1)OCCO2. The molecule has 7 heteroatoms. The van der Waals surface area contributed by atoms with Gasteiger partial charge in [0.1, 0.15) is 13.2 Å². The van der Waals surface area contributed by atoms with Crippen molar-refractivity contribution < 1.29 is 28.6 Å². The fourth-order valence-corrected chi connectivity index (χ4v) is 4.19. The summed E-state index contributed by atoms with van der Waals surface area (Å²) in [5, 5.41) is 2.96. The third-order valence-electron chi connectivity index (χ3n) is 5.99. The molecule has 7 nitrogen and oxygen atoms in total. The second-order valence-corrected chi connectivity index (χ2v) is 8.25. The molecule has 0 bridgehead atoms. The maximum absolute atomic E-state index is 13.1. The van der Waals surface area contributed by atoms with Crippen molar-refractivity contribution in [2.45, 2.75) is 38.6 Å². The first-order valence-corrected chi connectivity index (χ1v) is 11.0. The third kappa shape index (κ3) is 4.93. The Bertz CT molecular complexity index is 1020. The number of carbonyl (C=O) groups is 3. The number of ketones is 1. The van der Waals surface area contributed by atoms with Crippen LogP contribution in [0.2, 0.25) is 0 Å². The van der Waals surface area contributed by atoms with Gasteiger partial charge in [-0.1, -0.05) is 38.0 Å². The van der Waals surface area contributed by atoms with E-state index in [4.69, 9.17) is 14.2 Å². The zero-order valence-corrected chi connectivity index (χ0v) is 18.1. The molecule has 1 saturated carbocycles.